The minimum absolute atomic E-state index is 0.483. The van der Waals surface area contributed by atoms with E-state index in [1.807, 2.05) is 0 Å². The summed E-state index contributed by atoms with van der Waals surface area (Å²) in [6, 6.07) is 0.724. The molecule has 0 saturated carbocycles. The molecule has 1 N–H and O–H groups in total. The van der Waals surface area contributed by atoms with Gasteiger partial charge in [-0.1, -0.05) is 19.8 Å². The van der Waals surface area contributed by atoms with Gasteiger partial charge in [0.05, 0.1) is 6.10 Å². The minimum Gasteiger partial charge on any atom is -0.377 e. The molecule has 2 atom stereocenters. The number of rotatable bonds is 5. The van der Waals surface area contributed by atoms with E-state index < -0.39 is 0 Å². The zero-order chi connectivity index (χ0) is 8.81. The second-order valence-electron chi connectivity index (χ2n) is 3.56. The number of hydrogen-bond acceptors (Lipinski definition) is 2. The van der Waals surface area contributed by atoms with Crippen LogP contribution in [0.2, 0.25) is 0 Å². The van der Waals surface area contributed by atoms with Crippen LogP contribution in [0.4, 0.5) is 0 Å². The quantitative estimate of drug-likeness (QED) is 0.682. The van der Waals surface area contributed by atoms with Gasteiger partial charge < -0.3 is 10.1 Å². The van der Waals surface area contributed by atoms with E-state index in [1.165, 1.54) is 25.7 Å². The van der Waals surface area contributed by atoms with Crippen LogP contribution in [0, 0.1) is 0 Å². The van der Waals surface area contributed by atoms with Crippen LogP contribution in [0.25, 0.3) is 0 Å². The van der Waals surface area contributed by atoms with Crippen molar-refractivity contribution in [2.45, 2.75) is 51.7 Å². The summed E-state index contributed by atoms with van der Waals surface area (Å²) in [6.45, 7) is 6.23. The van der Waals surface area contributed by atoms with Gasteiger partial charge in [0.2, 0.25) is 0 Å². The van der Waals surface area contributed by atoms with Crippen LogP contribution < -0.4 is 5.32 Å². The Hall–Kier alpha value is -0.0800. The fourth-order valence-corrected chi connectivity index (χ4v) is 1.82. The molecule has 1 heterocycles. The highest BCUT2D eigenvalue weighted by Gasteiger charge is 2.23. The lowest BCUT2D eigenvalue weighted by atomic mass is 10.1. The van der Waals surface area contributed by atoms with Crippen molar-refractivity contribution in [2.75, 3.05) is 13.2 Å². The van der Waals surface area contributed by atoms with Gasteiger partial charge in [-0.15, -0.1) is 0 Å². The molecule has 2 nitrogen and oxygen atoms in total. The fourth-order valence-electron chi connectivity index (χ4n) is 1.82. The van der Waals surface area contributed by atoms with Gasteiger partial charge in [0.15, 0.2) is 0 Å². The molecule has 12 heavy (non-hydrogen) atoms. The van der Waals surface area contributed by atoms with Crippen molar-refractivity contribution in [3.63, 3.8) is 0 Å². The Labute approximate surface area is 75.7 Å². The first-order valence-corrected chi connectivity index (χ1v) is 5.21. The predicted octanol–water partition coefficient (Wildman–Crippen LogP) is 1.94. The number of nitrogens with one attached hydrogen (secondary N) is 1. The van der Waals surface area contributed by atoms with E-state index in [2.05, 4.69) is 19.2 Å². The largest absolute Gasteiger partial charge is 0.377 e. The molecule has 1 fully saturated rings. The van der Waals surface area contributed by atoms with Gasteiger partial charge in [-0.25, -0.2) is 0 Å². The lowest BCUT2D eigenvalue weighted by molar-refractivity contribution is 0.0755. The molecule has 0 aromatic rings. The molecule has 72 valence electrons. The summed E-state index contributed by atoms with van der Waals surface area (Å²) in [5.74, 6) is 0. The molecule has 1 aliphatic heterocycles. The summed E-state index contributed by atoms with van der Waals surface area (Å²) in [5, 5.41) is 3.50. The minimum atomic E-state index is 0.483. The van der Waals surface area contributed by atoms with E-state index in [4.69, 9.17) is 4.74 Å². The van der Waals surface area contributed by atoms with Gasteiger partial charge in [0, 0.05) is 19.2 Å². The number of ether oxygens (including phenoxy) is 1. The second-order valence-corrected chi connectivity index (χ2v) is 3.56. The molecule has 0 amide bonds. The lowest BCUT2D eigenvalue weighted by Crippen LogP contribution is -2.21. The highest BCUT2D eigenvalue weighted by atomic mass is 16.5. The van der Waals surface area contributed by atoms with Crippen LogP contribution in [-0.4, -0.2) is 25.3 Å². The van der Waals surface area contributed by atoms with Crippen molar-refractivity contribution >= 4 is 0 Å². The van der Waals surface area contributed by atoms with Gasteiger partial charge >= 0.3 is 0 Å². The van der Waals surface area contributed by atoms with E-state index in [0.29, 0.717) is 6.10 Å². The zero-order valence-corrected chi connectivity index (χ0v) is 8.31. The topological polar surface area (TPSA) is 21.3 Å². The Balaban J connectivity index is 2.08. The summed E-state index contributed by atoms with van der Waals surface area (Å²) in [5.41, 5.74) is 0. The third-order valence-corrected chi connectivity index (χ3v) is 2.49. The Morgan fingerprint density at radius 3 is 2.92 bits per heavy atom. The van der Waals surface area contributed by atoms with Gasteiger partial charge in [-0.2, -0.15) is 0 Å². The third kappa shape index (κ3) is 3.11. The standard InChI is InChI=1S/C10H21NO/c1-3-5-6-9-7-10(8-11-9)12-4-2/h9-11H,3-8H2,1-2H3. The van der Waals surface area contributed by atoms with Gasteiger partial charge in [0.25, 0.3) is 0 Å². The molecule has 0 aromatic carbocycles. The third-order valence-electron chi connectivity index (χ3n) is 2.49. The molecule has 0 bridgehead atoms. The van der Waals surface area contributed by atoms with E-state index in [1.54, 1.807) is 0 Å². The van der Waals surface area contributed by atoms with Crippen LogP contribution in [0.5, 0.6) is 0 Å². The maximum atomic E-state index is 5.55. The molecule has 0 radical (unpaired) electrons. The monoisotopic (exact) mass is 171 g/mol. The Kier molecular flexibility index (Phi) is 4.62. The first kappa shape index (κ1) is 10.0. The lowest BCUT2D eigenvalue weighted by Gasteiger charge is -2.09. The highest BCUT2D eigenvalue weighted by Crippen LogP contribution is 2.15. The molecule has 1 aliphatic rings. The summed E-state index contributed by atoms with van der Waals surface area (Å²) < 4.78 is 5.55. The van der Waals surface area contributed by atoms with E-state index in [-0.39, 0.29) is 0 Å². The SMILES string of the molecule is CCCCC1CC(OCC)CN1. The normalized spacial score (nSPS) is 29.5. The van der Waals surface area contributed by atoms with Gasteiger partial charge in [-0.3, -0.25) is 0 Å². The summed E-state index contributed by atoms with van der Waals surface area (Å²) in [6.07, 6.45) is 5.67. The van der Waals surface area contributed by atoms with Crippen LogP contribution in [0.15, 0.2) is 0 Å². The molecular weight excluding hydrogens is 150 g/mol. The highest BCUT2D eigenvalue weighted by molar-refractivity contribution is 4.81. The van der Waals surface area contributed by atoms with Crippen LogP contribution in [0.3, 0.4) is 0 Å². The molecule has 2 unspecified atom stereocenters. The van der Waals surface area contributed by atoms with Crippen molar-refractivity contribution < 1.29 is 4.74 Å². The summed E-state index contributed by atoms with van der Waals surface area (Å²) in [4.78, 5) is 0. The van der Waals surface area contributed by atoms with Gasteiger partial charge in [0.1, 0.15) is 0 Å². The number of unbranched alkanes of at least 4 members (excludes halogenated alkanes) is 1. The summed E-state index contributed by atoms with van der Waals surface area (Å²) >= 11 is 0. The molecule has 0 spiro atoms. The van der Waals surface area contributed by atoms with E-state index >= 15 is 0 Å². The average Bonchev–Trinajstić information content (AvgIpc) is 2.50. The molecule has 0 aromatic heterocycles. The molecule has 2 heteroatoms. The Bertz CT molecular complexity index is 116. The first-order chi connectivity index (χ1) is 5.86. The second kappa shape index (κ2) is 5.55. The summed E-state index contributed by atoms with van der Waals surface area (Å²) in [7, 11) is 0. The van der Waals surface area contributed by atoms with Crippen molar-refractivity contribution in [3.05, 3.63) is 0 Å². The maximum Gasteiger partial charge on any atom is 0.0714 e. The van der Waals surface area contributed by atoms with Crippen molar-refractivity contribution in [2.24, 2.45) is 0 Å². The predicted molar refractivity (Wildman–Crippen MR) is 51.3 cm³/mol. The average molecular weight is 171 g/mol. The van der Waals surface area contributed by atoms with Crippen molar-refractivity contribution in [3.8, 4) is 0 Å². The van der Waals surface area contributed by atoms with Crippen LogP contribution >= 0.6 is 0 Å². The van der Waals surface area contributed by atoms with Crippen molar-refractivity contribution in [1.82, 2.24) is 5.32 Å². The maximum absolute atomic E-state index is 5.55. The Morgan fingerprint density at radius 2 is 2.25 bits per heavy atom. The number of hydrogen-bond donors (Lipinski definition) is 1. The molecule has 0 aliphatic carbocycles. The molecule has 1 saturated heterocycles. The van der Waals surface area contributed by atoms with E-state index in [0.717, 1.165) is 19.2 Å². The first-order valence-electron chi connectivity index (χ1n) is 5.21. The van der Waals surface area contributed by atoms with Crippen LogP contribution in [0.1, 0.15) is 39.5 Å². The van der Waals surface area contributed by atoms with E-state index in [9.17, 15) is 0 Å². The molecule has 1 rings (SSSR count). The zero-order valence-electron chi connectivity index (χ0n) is 8.31. The van der Waals surface area contributed by atoms with Crippen molar-refractivity contribution in [1.29, 1.82) is 0 Å². The van der Waals surface area contributed by atoms with Crippen LogP contribution in [-0.2, 0) is 4.74 Å². The molecular formula is C10H21NO. The Morgan fingerprint density at radius 1 is 1.42 bits per heavy atom. The fraction of sp³-hybridized carbons (Fsp3) is 1.00. The smallest absolute Gasteiger partial charge is 0.0714 e. The van der Waals surface area contributed by atoms with Gasteiger partial charge in [-0.05, 0) is 19.8 Å².